The molecule has 3 aliphatic rings. The minimum Gasteiger partial charge on any atom is -0.481 e. The summed E-state index contributed by atoms with van der Waals surface area (Å²) >= 11 is 0. The molecule has 2 aromatic rings. The molecule has 3 unspecified atom stereocenters. The summed E-state index contributed by atoms with van der Waals surface area (Å²) in [4.78, 5) is 16.5. The second-order valence-corrected chi connectivity index (χ2v) is 6.16. The number of carbonyl (C=O) groups is 1. The van der Waals surface area contributed by atoms with Crippen LogP contribution in [-0.2, 0) is 4.79 Å². The van der Waals surface area contributed by atoms with Crippen molar-refractivity contribution in [3.63, 3.8) is 0 Å². The van der Waals surface area contributed by atoms with Crippen molar-refractivity contribution in [2.24, 2.45) is 5.41 Å². The van der Waals surface area contributed by atoms with E-state index in [-0.39, 0.29) is 12.0 Å². The zero-order valence-corrected chi connectivity index (χ0v) is 11.5. The van der Waals surface area contributed by atoms with Crippen LogP contribution in [0.4, 0.5) is 0 Å². The molecule has 1 aliphatic carbocycles. The van der Waals surface area contributed by atoms with Crippen molar-refractivity contribution in [2.45, 2.75) is 32.2 Å². The molecule has 0 spiro atoms. The van der Waals surface area contributed by atoms with Crippen LogP contribution in [0.15, 0.2) is 30.5 Å². The number of carboxylic acid groups (broad SMARTS) is 1. The first kappa shape index (κ1) is 11.7. The van der Waals surface area contributed by atoms with E-state index in [1.807, 2.05) is 32.2 Å². The van der Waals surface area contributed by atoms with Crippen LogP contribution in [-0.4, -0.2) is 20.6 Å². The van der Waals surface area contributed by atoms with E-state index in [1.54, 1.807) is 0 Å². The molecule has 5 rings (SSSR count). The Morgan fingerprint density at radius 1 is 1.40 bits per heavy atom. The number of nitrogens with zero attached hydrogens (tertiary/aromatic N) is 2. The molecule has 1 N–H and O–H groups in total. The number of hydrogen-bond donors (Lipinski definition) is 1. The van der Waals surface area contributed by atoms with Gasteiger partial charge in [0.1, 0.15) is 5.82 Å². The number of hydrogen-bond acceptors (Lipinski definition) is 2. The van der Waals surface area contributed by atoms with Gasteiger partial charge in [0.25, 0.3) is 0 Å². The molecule has 2 aliphatic heterocycles. The van der Waals surface area contributed by atoms with Crippen molar-refractivity contribution >= 4 is 5.97 Å². The number of benzene rings is 1. The Labute approximate surface area is 117 Å². The minimum absolute atomic E-state index is 0.0889. The predicted octanol–water partition coefficient (Wildman–Crippen LogP) is 2.72. The summed E-state index contributed by atoms with van der Waals surface area (Å²) in [5.74, 6) is 0.384. The number of fused-ring (bicyclic) bond motifs is 1. The lowest BCUT2D eigenvalue weighted by Gasteiger charge is -2.48. The SMILES string of the molecule is Cc1cn2c(n1)C1CC(C)(C(=O)O)C2c2ccccc21. The van der Waals surface area contributed by atoms with Gasteiger partial charge in [-0.05, 0) is 31.4 Å². The number of rotatable bonds is 1. The third kappa shape index (κ3) is 1.22. The monoisotopic (exact) mass is 268 g/mol. The lowest BCUT2D eigenvalue weighted by molar-refractivity contribution is -0.152. The number of aromatic nitrogens is 2. The highest BCUT2D eigenvalue weighted by Gasteiger charge is 2.55. The first-order chi connectivity index (χ1) is 9.52. The Kier molecular flexibility index (Phi) is 2.05. The van der Waals surface area contributed by atoms with E-state index in [2.05, 4.69) is 21.7 Å². The van der Waals surface area contributed by atoms with E-state index in [4.69, 9.17) is 0 Å². The number of carboxylic acids is 1. The summed E-state index contributed by atoms with van der Waals surface area (Å²) in [6, 6.07) is 8.04. The van der Waals surface area contributed by atoms with Gasteiger partial charge in [0, 0.05) is 12.1 Å². The van der Waals surface area contributed by atoms with Gasteiger partial charge in [0.2, 0.25) is 0 Å². The van der Waals surface area contributed by atoms with Crippen LogP contribution in [0.3, 0.4) is 0 Å². The van der Waals surface area contributed by atoms with Crippen molar-refractivity contribution in [1.29, 1.82) is 0 Å². The van der Waals surface area contributed by atoms with Crippen molar-refractivity contribution in [2.75, 3.05) is 0 Å². The Bertz CT molecular complexity index is 734. The van der Waals surface area contributed by atoms with E-state index >= 15 is 0 Å². The van der Waals surface area contributed by atoms with Crippen molar-refractivity contribution in [1.82, 2.24) is 9.55 Å². The summed E-state index contributed by atoms with van der Waals surface area (Å²) in [5, 5.41) is 9.74. The van der Waals surface area contributed by atoms with Crippen LogP contribution in [0.1, 0.15) is 47.9 Å². The summed E-state index contributed by atoms with van der Waals surface area (Å²) in [5.41, 5.74) is 2.57. The van der Waals surface area contributed by atoms with Crippen molar-refractivity contribution in [3.05, 3.63) is 53.1 Å². The number of aryl methyl sites for hydroxylation is 1. The fraction of sp³-hybridized carbons (Fsp3) is 0.375. The van der Waals surface area contributed by atoms with Gasteiger partial charge in [0.05, 0.1) is 17.2 Å². The first-order valence-electron chi connectivity index (χ1n) is 6.90. The van der Waals surface area contributed by atoms with Crippen LogP contribution in [0, 0.1) is 12.3 Å². The maximum absolute atomic E-state index is 11.9. The van der Waals surface area contributed by atoms with Crippen molar-refractivity contribution in [3.8, 4) is 0 Å². The molecule has 0 radical (unpaired) electrons. The molecule has 1 aromatic heterocycles. The van der Waals surface area contributed by atoms with Gasteiger partial charge in [-0.25, -0.2) is 4.98 Å². The maximum Gasteiger partial charge on any atom is 0.311 e. The highest BCUT2D eigenvalue weighted by molar-refractivity contribution is 5.77. The quantitative estimate of drug-likeness (QED) is 0.865. The highest BCUT2D eigenvalue weighted by Crippen LogP contribution is 2.57. The maximum atomic E-state index is 11.9. The molecule has 3 atom stereocenters. The van der Waals surface area contributed by atoms with Crippen molar-refractivity contribution < 1.29 is 9.90 Å². The fourth-order valence-corrected chi connectivity index (χ4v) is 3.96. The lowest BCUT2D eigenvalue weighted by Crippen LogP contribution is -2.47. The van der Waals surface area contributed by atoms with Crippen LogP contribution in [0.2, 0.25) is 0 Å². The Hall–Kier alpha value is -2.10. The largest absolute Gasteiger partial charge is 0.481 e. The summed E-state index contributed by atoms with van der Waals surface area (Å²) in [6.07, 6.45) is 2.61. The molecular weight excluding hydrogens is 252 g/mol. The predicted molar refractivity (Wildman–Crippen MR) is 73.7 cm³/mol. The Balaban J connectivity index is 2.05. The number of imidazole rings is 1. The average molecular weight is 268 g/mol. The molecule has 4 nitrogen and oxygen atoms in total. The molecule has 102 valence electrons. The fourth-order valence-electron chi connectivity index (χ4n) is 3.96. The van der Waals surface area contributed by atoms with Crippen LogP contribution in [0.25, 0.3) is 0 Å². The van der Waals surface area contributed by atoms with E-state index in [0.29, 0.717) is 6.42 Å². The summed E-state index contributed by atoms with van der Waals surface area (Å²) in [6.45, 7) is 3.83. The molecule has 4 heteroatoms. The van der Waals surface area contributed by atoms with Gasteiger partial charge < -0.3 is 9.67 Å². The minimum atomic E-state index is -0.765. The number of aliphatic carboxylic acids is 1. The molecule has 20 heavy (non-hydrogen) atoms. The molecule has 3 heterocycles. The van der Waals surface area contributed by atoms with E-state index < -0.39 is 11.4 Å². The normalized spacial score (nSPS) is 29.9. The second-order valence-electron chi connectivity index (χ2n) is 6.16. The molecule has 2 bridgehead atoms. The average Bonchev–Trinajstić information content (AvgIpc) is 2.80. The van der Waals surface area contributed by atoms with Crippen LogP contribution >= 0.6 is 0 Å². The standard InChI is InChI=1S/C16H16N2O2/c1-9-8-18-13-11-6-4-3-5-10(11)12(14(18)17-9)7-16(13,2)15(19)20/h3-6,8,12-13H,7H2,1-2H3,(H,19,20). The molecule has 0 saturated carbocycles. The lowest BCUT2D eigenvalue weighted by atomic mass is 9.62. The second kappa shape index (κ2) is 3.51. The van der Waals surface area contributed by atoms with Crippen LogP contribution < -0.4 is 0 Å². The van der Waals surface area contributed by atoms with Gasteiger partial charge in [-0.3, -0.25) is 4.79 Å². The zero-order valence-electron chi connectivity index (χ0n) is 11.5. The third-order valence-corrected chi connectivity index (χ3v) is 4.86. The molecular formula is C16H16N2O2. The topological polar surface area (TPSA) is 55.1 Å². The van der Waals surface area contributed by atoms with Gasteiger partial charge in [-0.2, -0.15) is 0 Å². The third-order valence-electron chi connectivity index (χ3n) is 4.86. The zero-order chi connectivity index (χ0) is 14.1. The molecule has 1 aromatic carbocycles. The highest BCUT2D eigenvalue weighted by atomic mass is 16.4. The summed E-state index contributed by atoms with van der Waals surface area (Å²) in [7, 11) is 0. The molecule has 0 amide bonds. The summed E-state index contributed by atoms with van der Waals surface area (Å²) < 4.78 is 2.08. The smallest absolute Gasteiger partial charge is 0.311 e. The van der Waals surface area contributed by atoms with Gasteiger partial charge in [-0.15, -0.1) is 0 Å². The van der Waals surface area contributed by atoms with E-state index in [0.717, 1.165) is 17.1 Å². The van der Waals surface area contributed by atoms with E-state index in [9.17, 15) is 9.90 Å². The Morgan fingerprint density at radius 3 is 2.80 bits per heavy atom. The van der Waals surface area contributed by atoms with Gasteiger partial charge in [0.15, 0.2) is 0 Å². The van der Waals surface area contributed by atoms with Gasteiger partial charge in [-0.1, -0.05) is 24.3 Å². The molecule has 0 saturated heterocycles. The Morgan fingerprint density at radius 2 is 2.10 bits per heavy atom. The molecule has 0 fully saturated rings. The first-order valence-corrected chi connectivity index (χ1v) is 6.90. The van der Waals surface area contributed by atoms with E-state index in [1.165, 1.54) is 5.56 Å². The van der Waals surface area contributed by atoms with Gasteiger partial charge >= 0.3 is 5.97 Å². The van der Waals surface area contributed by atoms with Crippen LogP contribution in [0.5, 0.6) is 0 Å².